The summed E-state index contributed by atoms with van der Waals surface area (Å²) in [6.45, 7) is 0.671. The van der Waals surface area contributed by atoms with Crippen LogP contribution in [0.3, 0.4) is 0 Å². The van der Waals surface area contributed by atoms with Gasteiger partial charge in [-0.15, -0.1) is 0 Å². The third kappa shape index (κ3) is 3.49. The third-order valence-electron chi connectivity index (χ3n) is 4.24. The molecule has 3 heterocycles. The van der Waals surface area contributed by atoms with Crippen molar-refractivity contribution in [1.82, 2.24) is 24.8 Å². The van der Waals surface area contributed by atoms with Gasteiger partial charge >= 0.3 is 6.03 Å². The maximum Gasteiger partial charge on any atom is 0.322 e. The van der Waals surface area contributed by atoms with Crippen LogP contribution in [0.15, 0.2) is 18.7 Å². The molecule has 2 N–H and O–H groups in total. The second-order valence-electron chi connectivity index (χ2n) is 6.09. The number of carbonyl (C=O) groups excluding carboxylic acids is 1. The number of imidazole rings is 1. The van der Waals surface area contributed by atoms with Crippen molar-refractivity contribution in [2.45, 2.75) is 25.3 Å². The number of rotatable bonds is 4. The minimum atomic E-state index is -0.211. The fourth-order valence-corrected chi connectivity index (χ4v) is 3.06. The average molecular weight is 345 g/mol. The molecule has 1 aliphatic rings. The van der Waals surface area contributed by atoms with Gasteiger partial charge in [-0.1, -0.05) is 0 Å². The van der Waals surface area contributed by atoms with Crippen LogP contribution >= 0.6 is 0 Å². The Kier molecular flexibility index (Phi) is 5.01. The van der Waals surface area contributed by atoms with Gasteiger partial charge in [-0.2, -0.15) is 4.98 Å². The molecule has 1 atom stereocenters. The molecule has 1 fully saturated rings. The molecule has 0 aliphatic carbocycles. The van der Waals surface area contributed by atoms with Gasteiger partial charge in [0.1, 0.15) is 17.8 Å². The maximum absolute atomic E-state index is 13.0. The molecule has 1 unspecified atom stereocenters. The second kappa shape index (κ2) is 7.37. The number of methoxy groups -OCH3 is 1. The van der Waals surface area contributed by atoms with Crippen LogP contribution < -0.4 is 15.0 Å². The first-order chi connectivity index (χ1) is 12.1. The van der Waals surface area contributed by atoms with Crippen molar-refractivity contribution < 1.29 is 9.53 Å². The van der Waals surface area contributed by atoms with E-state index in [0.29, 0.717) is 23.9 Å². The van der Waals surface area contributed by atoms with Crippen molar-refractivity contribution >= 4 is 17.5 Å². The summed E-state index contributed by atoms with van der Waals surface area (Å²) in [4.78, 5) is 32.3. The molecule has 3 rings (SSSR count). The van der Waals surface area contributed by atoms with E-state index in [0.717, 1.165) is 25.1 Å². The summed E-state index contributed by atoms with van der Waals surface area (Å²) in [7, 11) is 5.22. The van der Waals surface area contributed by atoms with Gasteiger partial charge < -0.3 is 19.5 Å². The molecule has 0 bridgehead atoms. The summed E-state index contributed by atoms with van der Waals surface area (Å²) in [6.07, 6.45) is 7.81. The SMILES string of the molecule is COc1ncnc(N(C)C)c1NC(=O)N1CCCCC1c1ncc[nH]1. The Hall–Kier alpha value is -2.84. The molecule has 0 aromatic carbocycles. The highest BCUT2D eigenvalue weighted by Crippen LogP contribution is 2.33. The third-order valence-corrected chi connectivity index (χ3v) is 4.24. The van der Waals surface area contributed by atoms with E-state index < -0.39 is 0 Å². The van der Waals surface area contributed by atoms with Crippen molar-refractivity contribution in [3.05, 3.63) is 24.5 Å². The first kappa shape index (κ1) is 17.0. The van der Waals surface area contributed by atoms with Crippen molar-refractivity contribution in [3.63, 3.8) is 0 Å². The van der Waals surface area contributed by atoms with Crippen LogP contribution in [0.1, 0.15) is 31.1 Å². The number of hydrogen-bond acceptors (Lipinski definition) is 6. The molecule has 0 saturated carbocycles. The number of urea groups is 1. The summed E-state index contributed by atoms with van der Waals surface area (Å²) in [5.74, 6) is 1.73. The highest BCUT2D eigenvalue weighted by Gasteiger charge is 2.31. The Morgan fingerprint density at radius 2 is 2.20 bits per heavy atom. The van der Waals surface area contributed by atoms with Gasteiger partial charge in [0, 0.05) is 33.0 Å². The van der Waals surface area contributed by atoms with Crippen LogP contribution in [0.4, 0.5) is 16.3 Å². The fourth-order valence-electron chi connectivity index (χ4n) is 3.06. The average Bonchev–Trinajstić information content (AvgIpc) is 3.16. The number of anilines is 2. The number of likely N-dealkylation sites (tertiary alicyclic amines) is 1. The number of hydrogen-bond donors (Lipinski definition) is 2. The second-order valence-corrected chi connectivity index (χ2v) is 6.09. The molecule has 0 radical (unpaired) electrons. The van der Waals surface area contributed by atoms with Gasteiger partial charge in [0.2, 0.25) is 5.88 Å². The van der Waals surface area contributed by atoms with Gasteiger partial charge in [0.05, 0.1) is 13.2 Å². The minimum Gasteiger partial charge on any atom is -0.479 e. The van der Waals surface area contributed by atoms with E-state index in [-0.39, 0.29) is 12.1 Å². The van der Waals surface area contributed by atoms with E-state index in [4.69, 9.17) is 4.74 Å². The molecule has 1 aliphatic heterocycles. The molecular formula is C16H23N7O2. The summed E-state index contributed by atoms with van der Waals surface area (Å²) in [5.41, 5.74) is 0.462. The van der Waals surface area contributed by atoms with E-state index in [1.807, 2.05) is 14.1 Å². The zero-order chi connectivity index (χ0) is 17.8. The Balaban J connectivity index is 1.86. The zero-order valence-electron chi connectivity index (χ0n) is 14.7. The van der Waals surface area contributed by atoms with Gasteiger partial charge in [-0.3, -0.25) is 5.32 Å². The lowest BCUT2D eigenvalue weighted by Gasteiger charge is -2.34. The summed E-state index contributed by atoms with van der Waals surface area (Å²) in [5, 5.41) is 2.93. The highest BCUT2D eigenvalue weighted by molar-refractivity contribution is 5.94. The standard InChI is InChI=1S/C16H23N7O2/c1-22(2)14-12(15(25-3)20-10-19-14)21-16(24)23-9-5-4-6-11(23)13-17-7-8-18-13/h7-8,10-11H,4-6,9H2,1-3H3,(H,17,18)(H,21,24). The lowest BCUT2D eigenvalue weighted by Crippen LogP contribution is -2.41. The normalized spacial score (nSPS) is 17.2. The molecule has 0 spiro atoms. The zero-order valence-corrected chi connectivity index (χ0v) is 14.7. The largest absolute Gasteiger partial charge is 0.479 e. The quantitative estimate of drug-likeness (QED) is 0.880. The topological polar surface area (TPSA) is 99.3 Å². The van der Waals surface area contributed by atoms with Crippen molar-refractivity contribution in [2.75, 3.05) is 38.0 Å². The molecule has 2 amide bonds. The number of aromatic nitrogens is 4. The molecule has 2 aromatic heterocycles. The van der Waals surface area contributed by atoms with Gasteiger partial charge in [-0.05, 0) is 19.3 Å². The lowest BCUT2D eigenvalue weighted by molar-refractivity contribution is 0.159. The molecule has 134 valence electrons. The number of ether oxygens (including phenoxy) is 1. The fraction of sp³-hybridized carbons (Fsp3) is 0.500. The van der Waals surface area contributed by atoms with E-state index in [1.54, 1.807) is 22.2 Å². The van der Waals surface area contributed by atoms with Crippen molar-refractivity contribution in [3.8, 4) is 5.88 Å². The first-order valence-electron chi connectivity index (χ1n) is 8.25. The summed E-state index contributed by atoms with van der Waals surface area (Å²) < 4.78 is 5.29. The van der Waals surface area contributed by atoms with Crippen molar-refractivity contribution in [2.24, 2.45) is 0 Å². The van der Waals surface area contributed by atoms with Crippen LogP contribution in [0.25, 0.3) is 0 Å². The number of piperidine rings is 1. The summed E-state index contributed by atoms with van der Waals surface area (Å²) in [6, 6.07) is -0.278. The highest BCUT2D eigenvalue weighted by atomic mass is 16.5. The monoisotopic (exact) mass is 345 g/mol. The van der Waals surface area contributed by atoms with Crippen LogP contribution in [-0.2, 0) is 0 Å². The molecule has 9 heteroatoms. The Bertz CT molecular complexity index is 717. The number of H-pyrrole nitrogens is 1. The van der Waals surface area contributed by atoms with Crippen LogP contribution in [0.5, 0.6) is 5.88 Å². The first-order valence-corrected chi connectivity index (χ1v) is 8.25. The predicted molar refractivity (Wildman–Crippen MR) is 93.8 cm³/mol. The molecule has 9 nitrogen and oxygen atoms in total. The van der Waals surface area contributed by atoms with E-state index in [1.165, 1.54) is 13.4 Å². The molecule has 2 aromatic rings. The predicted octanol–water partition coefficient (Wildman–Crippen LogP) is 2.03. The van der Waals surface area contributed by atoms with Gasteiger partial charge in [-0.25, -0.2) is 14.8 Å². The number of nitrogens with zero attached hydrogens (tertiary/aromatic N) is 5. The smallest absolute Gasteiger partial charge is 0.322 e. The van der Waals surface area contributed by atoms with Crippen molar-refractivity contribution in [1.29, 1.82) is 0 Å². The number of carbonyl (C=O) groups is 1. The summed E-state index contributed by atoms with van der Waals surface area (Å²) >= 11 is 0. The van der Waals surface area contributed by atoms with Crippen LogP contribution in [0.2, 0.25) is 0 Å². The minimum absolute atomic E-state index is 0.0674. The molecule has 1 saturated heterocycles. The Labute approximate surface area is 146 Å². The van der Waals surface area contributed by atoms with Crippen LogP contribution in [-0.4, -0.2) is 58.6 Å². The van der Waals surface area contributed by atoms with Gasteiger partial charge in [0.15, 0.2) is 5.82 Å². The Morgan fingerprint density at radius 1 is 1.36 bits per heavy atom. The number of aromatic amines is 1. The van der Waals surface area contributed by atoms with E-state index in [2.05, 4.69) is 25.3 Å². The van der Waals surface area contributed by atoms with Crippen LogP contribution in [0, 0.1) is 0 Å². The van der Waals surface area contributed by atoms with Gasteiger partial charge in [0.25, 0.3) is 0 Å². The lowest BCUT2D eigenvalue weighted by atomic mass is 10.0. The number of nitrogens with one attached hydrogen (secondary N) is 2. The van der Waals surface area contributed by atoms with E-state index >= 15 is 0 Å². The number of amides is 2. The Morgan fingerprint density at radius 3 is 2.88 bits per heavy atom. The van der Waals surface area contributed by atoms with E-state index in [9.17, 15) is 4.79 Å². The maximum atomic E-state index is 13.0. The molecular weight excluding hydrogens is 322 g/mol. The molecule has 25 heavy (non-hydrogen) atoms.